The van der Waals surface area contributed by atoms with E-state index < -0.39 is 11.7 Å². The van der Waals surface area contributed by atoms with Gasteiger partial charge in [-0.3, -0.25) is 0 Å². The van der Waals surface area contributed by atoms with Crippen molar-refractivity contribution in [2.24, 2.45) is 0 Å². The van der Waals surface area contributed by atoms with Gasteiger partial charge in [-0.15, -0.1) is 0 Å². The topological polar surface area (TPSA) is 38.0 Å². The monoisotopic (exact) mass is 364 g/mol. The first-order chi connectivity index (χ1) is 9.27. The molecule has 0 atom stereocenters. The molecule has 0 aliphatic rings. The van der Waals surface area contributed by atoms with Gasteiger partial charge < -0.3 is 11.1 Å². The summed E-state index contributed by atoms with van der Waals surface area (Å²) in [5.41, 5.74) is 6.04. The smallest absolute Gasteiger partial charge is 0.399 e. The standard InChI is InChI=1S/C13H9BrClF3N2/c14-9-3-1-7(13(16,17)18)5-12(9)20-11-4-2-8(19)6-10(11)15/h1-6,20H,19H2. The highest BCUT2D eigenvalue weighted by Gasteiger charge is 2.30. The molecule has 0 saturated heterocycles. The average molecular weight is 366 g/mol. The second-order valence-electron chi connectivity index (χ2n) is 4.06. The highest BCUT2D eigenvalue weighted by atomic mass is 79.9. The van der Waals surface area contributed by atoms with Crippen LogP contribution in [0.5, 0.6) is 0 Å². The Morgan fingerprint density at radius 1 is 1.05 bits per heavy atom. The second kappa shape index (κ2) is 5.54. The Labute approximate surface area is 126 Å². The van der Waals surface area contributed by atoms with Crippen LogP contribution in [-0.4, -0.2) is 0 Å². The Morgan fingerprint density at radius 2 is 1.75 bits per heavy atom. The van der Waals surface area contributed by atoms with E-state index in [1.54, 1.807) is 12.1 Å². The number of nitrogens with two attached hydrogens (primary N) is 1. The minimum absolute atomic E-state index is 0.270. The van der Waals surface area contributed by atoms with Gasteiger partial charge in [-0.1, -0.05) is 11.6 Å². The van der Waals surface area contributed by atoms with E-state index in [0.717, 1.165) is 12.1 Å². The lowest BCUT2D eigenvalue weighted by atomic mass is 10.2. The van der Waals surface area contributed by atoms with Crippen LogP contribution in [-0.2, 0) is 6.18 Å². The van der Waals surface area contributed by atoms with Crippen LogP contribution in [0.3, 0.4) is 0 Å². The maximum atomic E-state index is 12.7. The largest absolute Gasteiger partial charge is 0.416 e. The predicted molar refractivity (Wildman–Crippen MR) is 78.3 cm³/mol. The third kappa shape index (κ3) is 3.37. The van der Waals surface area contributed by atoms with Crippen LogP contribution in [0.2, 0.25) is 5.02 Å². The molecule has 0 aliphatic heterocycles. The Bertz CT molecular complexity index is 644. The van der Waals surface area contributed by atoms with Crippen molar-refractivity contribution in [3.63, 3.8) is 0 Å². The molecule has 0 heterocycles. The van der Waals surface area contributed by atoms with Crippen molar-refractivity contribution >= 4 is 44.6 Å². The van der Waals surface area contributed by atoms with Gasteiger partial charge in [0.1, 0.15) is 0 Å². The van der Waals surface area contributed by atoms with Crippen molar-refractivity contribution in [3.05, 3.63) is 51.5 Å². The lowest BCUT2D eigenvalue weighted by Crippen LogP contribution is -2.05. The highest BCUT2D eigenvalue weighted by molar-refractivity contribution is 9.10. The molecular formula is C13H9BrClF3N2. The Kier molecular flexibility index (Phi) is 4.15. The molecule has 0 fully saturated rings. The number of benzene rings is 2. The number of rotatable bonds is 2. The number of hydrogen-bond donors (Lipinski definition) is 2. The summed E-state index contributed by atoms with van der Waals surface area (Å²) in [6.07, 6.45) is -4.40. The van der Waals surface area contributed by atoms with Gasteiger partial charge >= 0.3 is 6.18 Å². The average Bonchev–Trinajstić information content (AvgIpc) is 2.33. The van der Waals surface area contributed by atoms with Gasteiger partial charge in [0.15, 0.2) is 0 Å². The molecule has 0 unspecified atom stereocenters. The fourth-order valence-corrected chi connectivity index (χ4v) is 2.16. The maximum Gasteiger partial charge on any atom is 0.416 e. The third-order valence-electron chi connectivity index (χ3n) is 2.56. The van der Waals surface area contributed by atoms with Crippen LogP contribution in [0.15, 0.2) is 40.9 Å². The molecule has 0 radical (unpaired) electrons. The number of nitrogen functional groups attached to an aromatic ring is 1. The quantitative estimate of drug-likeness (QED) is 0.695. The molecule has 0 bridgehead atoms. The van der Waals surface area contributed by atoms with Crippen molar-refractivity contribution < 1.29 is 13.2 Å². The first-order valence-electron chi connectivity index (χ1n) is 5.46. The highest BCUT2D eigenvalue weighted by Crippen LogP contribution is 2.36. The van der Waals surface area contributed by atoms with Gasteiger partial charge in [0.25, 0.3) is 0 Å². The molecule has 2 aromatic rings. The Morgan fingerprint density at radius 3 is 2.35 bits per heavy atom. The van der Waals surface area contributed by atoms with Crippen LogP contribution in [0.1, 0.15) is 5.56 Å². The van der Waals surface area contributed by atoms with E-state index in [0.29, 0.717) is 20.9 Å². The van der Waals surface area contributed by atoms with Gasteiger partial charge in [-0.2, -0.15) is 13.2 Å². The fraction of sp³-hybridized carbons (Fsp3) is 0.0769. The minimum atomic E-state index is -4.40. The summed E-state index contributed by atoms with van der Waals surface area (Å²) in [7, 11) is 0. The van der Waals surface area contributed by atoms with Gasteiger partial charge in [0, 0.05) is 10.2 Å². The van der Waals surface area contributed by atoms with E-state index in [9.17, 15) is 13.2 Å². The zero-order chi connectivity index (χ0) is 14.9. The number of nitrogens with one attached hydrogen (secondary N) is 1. The van der Waals surface area contributed by atoms with Crippen LogP contribution < -0.4 is 11.1 Å². The molecule has 20 heavy (non-hydrogen) atoms. The van der Waals surface area contributed by atoms with Crippen LogP contribution >= 0.6 is 27.5 Å². The van der Waals surface area contributed by atoms with E-state index in [4.69, 9.17) is 17.3 Å². The van der Waals surface area contributed by atoms with E-state index in [1.807, 2.05) is 0 Å². The molecule has 0 aliphatic carbocycles. The van der Waals surface area contributed by atoms with Crippen LogP contribution in [0, 0.1) is 0 Å². The van der Waals surface area contributed by atoms with E-state index in [2.05, 4.69) is 21.2 Å². The number of halogens is 5. The van der Waals surface area contributed by atoms with Crippen molar-refractivity contribution in [3.8, 4) is 0 Å². The molecule has 2 nitrogen and oxygen atoms in total. The summed E-state index contributed by atoms with van der Waals surface area (Å²) in [4.78, 5) is 0. The Hall–Kier alpha value is -1.40. The lowest BCUT2D eigenvalue weighted by molar-refractivity contribution is -0.137. The number of anilines is 3. The van der Waals surface area contributed by atoms with E-state index >= 15 is 0 Å². The van der Waals surface area contributed by atoms with E-state index in [1.165, 1.54) is 12.1 Å². The zero-order valence-electron chi connectivity index (χ0n) is 9.93. The molecule has 0 aromatic heterocycles. The molecule has 2 aromatic carbocycles. The third-order valence-corrected chi connectivity index (χ3v) is 3.56. The van der Waals surface area contributed by atoms with Crippen LogP contribution in [0.25, 0.3) is 0 Å². The summed E-state index contributed by atoms with van der Waals surface area (Å²) in [6.45, 7) is 0. The zero-order valence-corrected chi connectivity index (χ0v) is 12.3. The summed E-state index contributed by atoms with van der Waals surface area (Å²) in [5, 5.41) is 3.17. The Balaban J connectivity index is 2.38. The maximum absolute atomic E-state index is 12.7. The number of alkyl halides is 3. The molecule has 106 valence electrons. The van der Waals surface area contributed by atoms with Gasteiger partial charge in [-0.05, 0) is 52.3 Å². The molecule has 7 heteroatoms. The summed E-state index contributed by atoms with van der Waals surface area (Å²) >= 11 is 9.18. The fourth-order valence-electron chi connectivity index (χ4n) is 1.58. The molecule has 2 rings (SSSR count). The summed E-state index contributed by atoms with van der Waals surface area (Å²) < 4.78 is 38.6. The van der Waals surface area contributed by atoms with Gasteiger partial charge in [0.2, 0.25) is 0 Å². The first kappa shape index (κ1) is 15.0. The summed E-state index contributed by atoms with van der Waals surface area (Å²) in [6, 6.07) is 8.07. The first-order valence-corrected chi connectivity index (χ1v) is 6.63. The molecule has 0 saturated carbocycles. The van der Waals surface area contributed by atoms with E-state index in [-0.39, 0.29) is 5.69 Å². The van der Waals surface area contributed by atoms with Crippen molar-refractivity contribution in [1.82, 2.24) is 0 Å². The summed E-state index contributed by atoms with van der Waals surface area (Å²) in [5.74, 6) is 0. The SMILES string of the molecule is Nc1ccc(Nc2cc(C(F)(F)F)ccc2Br)c(Cl)c1. The minimum Gasteiger partial charge on any atom is -0.399 e. The normalized spacial score (nSPS) is 11.4. The van der Waals surface area contributed by atoms with Gasteiger partial charge in [-0.25, -0.2) is 0 Å². The molecule has 3 N–H and O–H groups in total. The molecule has 0 amide bonds. The van der Waals surface area contributed by atoms with Crippen molar-refractivity contribution in [1.29, 1.82) is 0 Å². The van der Waals surface area contributed by atoms with Gasteiger partial charge in [0.05, 0.1) is 22.0 Å². The molecule has 0 spiro atoms. The number of hydrogen-bond acceptors (Lipinski definition) is 2. The van der Waals surface area contributed by atoms with Crippen molar-refractivity contribution in [2.75, 3.05) is 11.1 Å². The lowest BCUT2D eigenvalue weighted by Gasteiger charge is -2.13. The predicted octanol–water partition coefficient (Wildman–Crippen LogP) is 5.45. The van der Waals surface area contributed by atoms with Crippen LogP contribution in [0.4, 0.5) is 30.2 Å². The van der Waals surface area contributed by atoms with Crippen molar-refractivity contribution in [2.45, 2.75) is 6.18 Å². The second-order valence-corrected chi connectivity index (χ2v) is 5.32. The molecular weight excluding hydrogens is 357 g/mol.